The van der Waals surface area contributed by atoms with E-state index in [-0.39, 0.29) is 5.41 Å². The van der Waals surface area contributed by atoms with Gasteiger partial charge in [-0.25, -0.2) is 0 Å². The predicted molar refractivity (Wildman–Crippen MR) is 82.0 cm³/mol. The molecular weight excluding hydrogens is 248 g/mol. The van der Waals surface area contributed by atoms with Crippen LogP contribution in [0.1, 0.15) is 32.3 Å². The summed E-state index contributed by atoms with van der Waals surface area (Å²) in [5.41, 5.74) is 5.88. The molecule has 1 saturated heterocycles. The number of hydrogen-bond acceptors (Lipinski definition) is 1. The van der Waals surface area contributed by atoms with Crippen molar-refractivity contribution in [2.45, 2.75) is 38.1 Å². The van der Waals surface area contributed by atoms with Crippen molar-refractivity contribution in [1.82, 2.24) is 0 Å². The molecule has 0 aromatic heterocycles. The van der Waals surface area contributed by atoms with Gasteiger partial charge in [-0.15, -0.1) is 0 Å². The second-order valence-electron chi connectivity index (χ2n) is 6.54. The monoisotopic (exact) mass is 278 g/mol. The van der Waals surface area contributed by atoms with E-state index in [0.29, 0.717) is 12.0 Å². The summed E-state index contributed by atoms with van der Waals surface area (Å²) in [5, 5.41) is 0. The minimum absolute atomic E-state index is 0.285. The molecule has 1 fully saturated rings. The van der Waals surface area contributed by atoms with Crippen LogP contribution < -0.4 is 15.4 Å². The Kier molecular flexibility index (Phi) is 4.71. The largest absolute Gasteiger partial charge is 0.497 e. The number of methoxy groups -OCH3 is 1. The topological polar surface area (TPSA) is 41.3 Å². The molecule has 4 atom stereocenters. The Labute approximate surface area is 123 Å². The molecule has 1 aromatic carbocycles. The Morgan fingerprint density at radius 2 is 1.95 bits per heavy atom. The lowest BCUT2D eigenvalue weighted by atomic mass is 9.63. The van der Waals surface area contributed by atoms with Gasteiger partial charge in [0.2, 0.25) is 0 Å². The van der Waals surface area contributed by atoms with E-state index >= 15 is 0 Å². The molecule has 3 heteroatoms. The molecule has 2 rings (SSSR count). The molecule has 0 aliphatic carbocycles. The van der Waals surface area contributed by atoms with Crippen LogP contribution >= 0.6 is 0 Å². The number of likely N-dealkylation sites (tertiary alicyclic amines) is 1. The van der Waals surface area contributed by atoms with E-state index in [0.717, 1.165) is 12.3 Å². The standard InChI is InChI=1S/C17H28N2O/c1-13-12-19(3)14(2)11-17(13,9-10-18)15-5-7-16(20-4)8-6-15/h5-8,13-14H,9-12,18H2,1-4H3/p+2/t13-,14+,17-/m1/s1. The van der Waals surface area contributed by atoms with Gasteiger partial charge >= 0.3 is 0 Å². The third kappa shape index (κ3) is 2.70. The Balaban J connectivity index is 2.37. The van der Waals surface area contributed by atoms with Gasteiger partial charge in [0.15, 0.2) is 0 Å². The summed E-state index contributed by atoms with van der Waals surface area (Å²) in [6.07, 6.45) is 2.43. The molecule has 4 N–H and O–H groups in total. The van der Waals surface area contributed by atoms with Gasteiger partial charge in [-0.3, -0.25) is 0 Å². The molecule has 3 nitrogen and oxygen atoms in total. The van der Waals surface area contributed by atoms with Crippen molar-refractivity contribution in [3.05, 3.63) is 29.8 Å². The number of benzene rings is 1. The number of rotatable bonds is 4. The zero-order valence-corrected chi connectivity index (χ0v) is 13.4. The fourth-order valence-corrected chi connectivity index (χ4v) is 3.93. The summed E-state index contributed by atoms with van der Waals surface area (Å²) in [6.45, 7) is 7.03. The van der Waals surface area contributed by atoms with Crippen LogP contribution in [0.4, 0.5) is 0 Å². The van der Waals surface area contributed by atoms with Crippen molar-refractivity contribution in [3.63, 3.8) is 0 Å². The fourth-order valence-electron chi connectivity index (χ4n) is 3.93. The molecule has 1 aliphatic heterocycles. The van der Waals surface area contributed by atoms with Crippen molar-refractivity contribution < 1.29 is 15.4 Å². The van der Waals surface area contributed by atoms with Gasteiger partial charge in [0.05, 0.1) is 33.3 Å². The normalized spacial score (nSPS) is 34.0. The van der Waals surface area contributed by atoms with Gasteiger partial charge in [0.25, 0.3) is 0 Å². The first-order valence-corrected chi connectivity index (χ1v) is 7.79. The number of piperidine rings is 1. The summed E-state index contributed by atoms with van der Waals surface area (Å²) in [5.74, 6) is 1.63. The summed E-state index contributed by atoms with van der Waals surface area (Å²) >= 11 is 0. The van der Waals surface area contributed by atoms with Gasteiger partial charge in [-0.1, -0.05) is 19.1 Å². The number of hydrogen-bond donors (Lipinski definition) is 2. The van der Waals surface area contributed by atoms with Gasteiger partial charge in [0, 0.05) is 24.2 Å². The zero-order valence-electron chi connectivity index (χ0n) is 13.4. The first-order chi connectivity index (χ1) is 9.53. The van der Waals surface area contributed by atoms with Gasteiger partial charge < -0.3 is 15.4 Å². The summed E-state index contributed by atoms with van der Waals surface area (Å²) in [7, 11) is 4.05. The Hall–Kier alpha value is -1.06. The van der Waals surface area contributed by atoms with Crippen LogP contribution in [0.15, 0.2) is 24.3 Å². The molecular formula is C17H30N2O+2. The maximum atomic E-state index is 5.30. The van der Waals surface area contributed by atoms with Crippen LogP contribution in [0.3, 0.4) is 0 Å². The number of quaternary nitrogens is 2. The SMILES string of the molecule is COc1ccc([C@]2(CC[NH3+])C[C@H](C)[NH+](C)C[C@H]2C)cc1. The Morgan fingerprint density at radius 1 is 1.30 bits per heavy atom. The second-order valence-corrected chi connectivity index (χ2v) is 6.54. The Bertz CT molecular complexity index is 431. The van der Waals surface area contributed by atoms with Crippen LogP contribution in [-0.2, 0) is 5.41 Å². The lowest BCUT2D eigenvalue weighted by Gasteiger charge is -2.47. The van der Waals surface area contributed by atoms with Crippen LogP contribution in [-0.4, -0.2) is 33.3 Å². The van der Waals surface area contributed by atoms with E-state index in [1.54, 1.807) is 12.0 Å². The molecule has 20 heavy (non-hydrogen) atoms. The van der Waals surface area contributed by atoms with Crippen molar-refractivity contribution >= 4 is 0 Å². The van der Waals surface area contributed by atoms with E-state index in [9.17, 15) is 0 Å². The van der Waals surface area contributed by atoms with Crippen molar-refractivity contribution in [2.24, 2.45) is 5.92 Å². The molecule has 0 saturated carbocycles. The van der Waals surface area contributed by atoms with E-state index in [2.05, 4.69) is 50.9 Å². The van der Waals surface area contributed by atoms with Crippen LogP contribution in [0, 0.1) is 5.92 Å². The molecule has 1 heterocycles. The van der Waals surface area contributed by atoms with Crippen LogP contribution in [0.5, 0.6) is 5.75 Å². The highest BCUT2D eigenvalue weighted by Crippen LogP contribution is 2.41. The lowest BCUT2D eigenvalue weighted by molar-refractivity contribution is -0.915. The average molecular weight is 278 g/mol. The highest BCUT2D eigenvalue weighted by molar-refractivity contribution is 5.33. The van der Waals surface area contributed by atoms with E-state index in [1.807, 2.05) is 0 Å². The minimum atomic E-state index is 0.285. The van der Waals surface area contributed by atoms with Crippen LogP contribution in [0.25, 0.3) is 0 Å². The molecule has 112 valence electrons. The molecule has 1 aromatic rings. The maximum absolute atomic E-state index is 5.30. The first kappa shape index (κ1) is 15.3. The van der Waals surface area contributed by atoms with Gasteiger partial charge in [-0.2, -0.15) is 0 Å². The van der Waals surface area contributed by atoms with Crippen molar-refractivity contribution in [3.8, 4) is 5.75 Å². The van der Waals surface area contributed by atoms with E-state index in [1.165, 1.54) is 24.9 Å². The summed E-state index contributed by atoms with van der Waals surface area (Å²) < 4.78 is 5.30. The van der Waals surface area contributed by atoms with Crippen molar-refractivity contribution in [1.29, 1.82) is 0 Å². The summed E-state index contributed by atoms with van der Waals surface area (Å²) in [4.78, 5) is 1.66. The first-order valence-electron chi connectivity index (χ1n) is 7.79. The third-order valence-corrected chi connectivity index (χ3v) is 5.37. The second kappa shape index (κ2) is 6.15. The average Bonchev–Trinajstić information content (AvgIpc) is 2.45. The van der Waals surface area contributed by atoms with Gasteiger partial charge in [-0.05, 0) is 24.6 Å². The fraction of sp³-hybridized carbons (Fsp3) is 0.647. The highest BCUT2D eigenvalue weighted by Gasteiger charge is 2.45. The highest BCUT2D eigenvalue weighted by atomic mass is 16.5. The number of ether oxygens (including phenoxy) is 1. The van der Waals surface area contributed by atoms with E-state index in [4.69, 9.17) is 4.74 Å². The van der Waals surface area contributed by atoms with Crippen molar-refractivity contribution in [2.75, 3.05) is 27.2 Å². The van der Waals surface area contributed by atoms with Gasteiger partial charge in [0.1, 0.15) is 5.75 Å². The maximum Gasteiger partial charge on any atom is 0.118 e. The third-order valence-electron chi connectivity index (χ3n) is 5.37. The molecule has 0 radical (unpaired) electrons. The Morgan fingerprint density at radius 3 is 2.50 bits per heavy atom. The lowest BCUT2D eigenvalue weighted by Crippen LogP contribution is -3.15. The number of nitrogens with one attached hydrogen (secondary N) is 1. The van der Waals surface area contributed by atoms with E-state index < -0.39 is 0 Å². The quantitative estimate of drug-likeness (QED) is 0.828. The van der Waals surface area contributed by atoms with Crippen LogP contribution in [0.2, 0.25) is 0 Å². The molecule has 1 aliphatic rings. The smallest absolute Gasteiger partial charge is 0.118 e. The molecule has 0 bridgehead atoms. The molecule has 0 amide bonds. The predicted octanol–water partition coefficient (Wildman–Crippen LogP) is 0.508. The molecule has 0 spiro atoms. The molecule has 1 unspecified atom stereocenters. The minimum Gasteiger partial charge on any atom is -0.497 e. The zero-order chi connectivity index (χ0) is 14.8. The summed E-state index contributed by atoms with van der Waals surface area (Å²) in [6, 6.07) is 9.43.